The van der Waals surface area contributed by atoms with E-state index >= 15 is 0 Å². The number of nitrogens with one attached hydrogen (secondary N) is 1. The van der Waals surface area contributed by atoms with Gasteiger partial charge in [-0.25, -0.2) is 13.9 Å². The lowest BCUT2D eigenvalue weighted by Gasteiger charge is -2.25. The molecule has 0 radical (unpaired) electrons. The molecule has 0 aromatic heterocycles. The second kappa shape index (κ2) is 6.75. The Morgan fingerprint density at radius 1 is 1.21 bits per heavy atom. The quantitative estimate of drug-likeness (QED) is 0.407. The molecule has 1 atom stereocenters. The molecular weight excluding hydrogens is 357 g/mol. The predicted octanol–water partition coefficient (Wildman–Crippen LogP) is -0.0614. The van der Waals surface area contributed by atoms with Gasteiger partial charge in [0.2, 0.25) is 20.7 Å². The Morgan fingerprint density at radius 3 is 2.21 bits per heavy atom. The summed E-state index contributed by atoms with van der Waals surface area (Å²) in [7, 11) is -5.32. The normalized spacial score (nSPS) is 14.7. The lowest BCUT2D eigenvalue weighted by atomic mass is 10.2. The second-order valence-electron chi connectivity index (χ2n) is 4.68. The van der Waals surface area contributed by atoms with Crippen LogP contribution in [-0.2, 0) is 25.6 Å². The first kappa shape index (κ1) is 19.9. The van der Waals surface area contributed by atoms with Crippen LogP contribution in [0.25, 0.3) is 0 Å². The molecule has 0 aliphatic rings. The van der Waals surface area contributed by atoms with Crippen molar-refractivity contribution < 1.29 is 41.5 Å². The number of sulfone groups is 1. The first-order chi connectivity index (χ1) is 10.9. The summed E-state index contributed by atoms with van der Waals surface area (Å²) in [6.45, 7) is 0. The first-order valence-corrected chi connectivity index (χ1v) is 7.72. The van der Waals surface area contributed by atoms with Crippen LogP contribution >= 0.6 is 0 Å². The van der Waals surface area contributed by atoms with E-state index in [1.165, 1.54) is 0 Å². The van der Waals surface area contributed by atoms with Crippen LogP contribution in [0.5, 0.6) is 0 Å². The van der Waals surface area contributed by atoms with Gasteiger partial charge in [-0.3, -0.25) is 14.8 Å². The van der Waals surface area contributed by atoms with Crippen molar-refractivity contribution in [1.29, 1.82) is 0 Å². The number of hydrogen-bond acceptors (Lipinski definition) is 6. The first-order valence-electron chi connectivity index (χ1n) is 6.24. The number of nitrogens with two attached hydrogens (primary N) is 1. The summed E-state index contributed by atoms with van der Waals surface area (Å²) in [5.74, 6) is -3.03. The summed E-state index contributed by atoms with van der Waals surface area (Å²) in [4.78, 5) is 17.6. The molecule has 0 saturated heterocycles. The van der Waals surface area contributed by atoms with Gasteiger partial charge in [0.1, 0.15) is 0 Å². The molecule has 0 spiro atoms. The SMILES string of the molecule is NC(=O)C(O)(CCC(=O)NO)S(=O)(=O)c1ccccc1C(F)(F)F. The fraction of sp³-hybridized carbons (Fsp3) is 0.333. The summed E-state index contributed by atoms with van der Waals surface area (Å²) < 4.78 is 63.8. The van der Waals surface area contributed by atoms with Crippen molar-refractivity contribution in [3.8, 4) is 0 Å². The third-order valence-electron chi connectivity index (χ3n) is 3.13. The Hall–Kier alpha value is -2.18. The fourth-order valence-electron chi connectivity index (χ4n) is 1.85. The Balaban J connectivity index is 3.49. The molecule has 134 valence electrons. The maximum Gasteiger partial charge on any atom is 0.417 e. The number of hydroxylamine groups is 1. The zero-order valence-electron chi connectivity index (χ0n) is 11.9. The average molecular weight is 370 g/mol. The Kier molecular flexibility index (Phi) is 5.58. The minimum absolute atomic E-state index is 0.453. The van der Waals surface area contributed by atoms with Gasteiger partial charge in [0, 0.05) is 12.8 Å². The molecule has 12 heteroatoms. The van der Waals surface area contributed by atoms with Crippen molar-refractivity contribution >= 4 is 21.7 Å². The van der Waals surface area contributed by atoms with Crippen LogP contribution in [0.15, 0.2) is 29.2 Å². The molecule has 5 N–H and O–H groups in total. The molecule has 2 amide bonds. The van der Waals surface area contributed by atoms with Crippen molar-refractivity contribution in [3.05, 3.63) is 29.8 Å². The number of benzene rings is 1. The summed E-state index contributed by atoms with van der Waals surface area (Å²) in [6, 6.07) is 2.89. The fourth-order valence-corrected chi connectivity index (χ4v) is 3.58. The van der Waals surface area contributed by atoms with Gasteiger partial charge in [0.15, 0.2) is 0 Å². The van der Waals surface area contributed by atoms with Crippen molar-refractivity contribution in [2.24, 2.45) is 5.73 Å². The van der Waals surface area contributed by atoms with E-state index in [2.05, 4.69) is 0 Å². The number of rotatable bonds is 6. The zero-order chi connectivity index (χ0) is 18.8. The molecule has 0 fully saturated rings. The highest BCUT2D eigenvalue weighted by Crippen LogP contribution is 2.38. The standard InChI is InChI=1S/C12H13F3N2O6S/c13-12(14,15)7-3-1-2-4-8(7)24(22,23)11(20,10(16)19)6-5-9(18)17-21/h1-4,20-21H,5-6H2,(H2,16,19)(H,17,18). The number of hydrogen-bond donors (Lipinski definition) is 4. The number of carbonyl (C=O) groups excluding carboxylic acids is 2. The maximum absolute atomic E-state index is 13.0. The van der Waals surface area contributed by atoms with Gasteiger partial charge in [0.25, 0.3) is 5.91 Å². The molecule has 0 aliphatic heterocycles. The van der Waals surface area contributed by atoms with E-state index in [1.54, 1.807) is 0 Å². The molecule has 0 bridgehead atoms. The molecule has 8 nitrogen and oxygen atoms in total. The lowest BCUT2D eigenvalue weighted by molar-refractivity contribution is -0.140. The predicted molar refractivity (Wildman–Crippen MR) is 71.9 cm³/mol. The molecule has 1 unspecified atom stereocenters. The Bertz CT molecular complexity index is 749. The zero-order valence-corrected chi connectivity index (χ0v) is 12.7. The average Bonchev–Trinajstić information content (AvgIpc) is 2.50. The number of carbonyl (C=O) groups is 2. The topological polar surface area (TPSA) is 147 Å². The molecule has 1 rings (SSSR count). The monoisotopic (exact) mass is 370 g/mol. The van der Waals surface area contributed by atoms with Gasteiger partial charge in [-0.2, -0.15) is 13.2 Å². The van der Waals surface area contributed by atoms with Crippen molar-refractivity contribution in [3.63, 3.8) is 0 Å². The number of alkyl halides is 3. The third kappa shape index (κ3) is 3.66. The molecule has 0 heterocycles. The molecule has 1 aromatic rings. The van der Waals surface area contributed by atoms with E-state index in [0.29, 0.717) is 12.1 Å². The molecular formula is C12H13F3N2O6S. The van der Waals surface area contributed by atoms with Gasteiger partial charge in [-0.15, -0.1) is 0 Å². The highest BCUT2D eigenvalue weighted by molar-refractivity contribution is 7.93. The highest BCUT2D eigenvalue weighted by Gasteiger charge is 2.51. The van der Waals surface area contributed by atoms with Gasteiger partial charge in [-0.1, -0.05) is 12.1 Å². The van der Waals surface area contributed by atoms with Crippen molar-refractivity contribution in [2.45, 2.75) is 28.8 Å². The smallest absolute Gasteiger partial charge is 0.367 e. The highest BCUT2D eigenvalue weighted by atomic mass is 32.2. The number of amides is 2. The summed E-state index contributed by atoms with van der Waals surface area (Å²) in [5.41, 5.74) is 4.36. The Labute approximate surface area is 133 Å². The molecule has 0 aliphatic carbocycles. The Morgan fingerprint density at radius 2 is 1.75 bits per heavy atom. The van der Waals surface area contributed by atoms with Crippen molar-refractivity contribution in [1.82, 2.24) is 5.48 Å². The van der Waals surface area contributed by atoms with Gasteiger partial charge in [-0.05, 0) is 12.1 Å². The second-order valence-corrected chi connectivity index (χ2v) is 6.80. The third-order valence-corrected chi connectivity index (χ3v) is 5.36. The number of aliphatic hydroxyl groups is 1. The van der Waals surface area contributed by atoms with Crippen LogP contribution in [0.4, 0.5) is 13.2 Å². The number of halogens is 3. The van der Waals surface area contributed by atoms with Crippen LogP contribution in [0.2, 0.25) is 0 Å². The largest absolute Gasteiger partial charge is 0.417 e. The maximum atomic E-state index is 13.0. The van der Waals surface area contributed by atoms with Crippen LogP contribution < -0.4 is 11.2 Å². The van der Waals surface area contributed by atoms with Crippen LogP contribution in [0.1, 0.15) is 18.4 Å². The van der Waals surface area contributed by atoms with Gasteiger partial charge < -0.3 is 10.8 Å². The van der Waals surface area contributed by atoms with E-state index in [0.717, 1.165) is 17.6 Å². The van der Waals surface area contributed by atoms with Crippen LogP contribution in [0, 0.1) is 0 Å². The van der Waals surface area contributed by atoms with E-state index in [9.17, 15) is 36.3 Å². The van der Waals surface area contributed by atoms with E-state index in [-0.39, 0.29) is 0 Å². The van der Waals surface area contributed by atoms with E-state index in [4.69, 9.17) is 10.9 Å². The van der Waals surface area contributed by atoms with Gasteiger partial charge >= 0.3 is 6.18 Å². The van der Waals surface area contributed by atoms with E-state index < -0.39 is 56.1 Å². The summed E-state index contributed by atoms with van der Waals surface area (Å²) in [6.07, 6.45) is -7.11. The summed E-state index contributed by atoms with van der Waals surface area (Å²) >= 11 is 0. The minimum Gasteiger partial charge on any atom is -0.367 e. The van der Waals surface area contributed by atoms with Crippen LogP contribution in [0.3, 0.4) is 0 Å². The lowest BCUT2D eigenvalue weighted by Crippen LogP contribution is -2.51. The van der Waals surface area contributed by atoms with Gasteiger partial charge in [0.05, 0.1) is 10.5 Å². The molecule has 0 saturated carbocycles. The van der Waals surface area contributed by atoms with Crippen molar-refractivity contribution in [2.75, 3.05) is 0 Å². The number of primary amides is 1. The van der Waals surface area contributed by atoms with Crippen LogP contribution in [-0.4, -0.2) is 35.5 Å². The minimum atomic E-state index is -5.32. The van der Waals surface area contributed by atoms with E-state index in [1.807, 2.05) is 0 Å². The molecule has 1 aromatic carbocycles. The molecule has 24 heavy (non-hydrogen) atoms. The summed E-state index contributed by atoms with van der Waals surface area (Å²) in [5, 5.41) is 18.5.